The van der Waals surface area contributed by atoms with Gasteiger partial charge in [0, 0.05) is 8.95 Å². The van der Waals surface area contributed by atoms with Gasteiger partial charge in [0.25, 0.3) is 0 Å². The Bertz CT molecular complexity index is 370. The summed E-state index contributed by atoms with van der Waals surface area (Å²) in [6.45, 7) is 2.04. The number of rotatable bonds is 1. The van der Waals surface area contributed by atoms with Gasteiger partial charge in [-0.05, 0) is 49.4 Å². The molecule has 1 aromatic rings. The summed E-state index contributed by atoms with van der Waals surface area (Å²) in [7, 11) is 0. The predicted molar refractivity (Wildman–Crippen MR) is 64.3 cm³/mol. The van der Waals surface area contributed by atoms with Crippen LogP contribution in [-0.4, -0.2) is 5.11 Å². The molecule has 3 heteroatoms. The van der Waals surface area contributed by atoms with Crippen molar-refractivity contribution in [2.45, 2.75) is 31.8 Å². The molecule has 1 fully saturated rings. The molecule has 1 saturated carbocycles. The molecule has 0 heterocycles. The largest absolute Gasteiger partial charge is 0.385 e. The molecule has 0 unspecified atom stereocenters. The number of benzene rings is 1. The summed E-state index contributed by atoms with van der Waals surface area (Å²) >= 11 is 7.00. The number of halogens is 2. The van der Waals surface area contributed by atoms with Crippen LogP contribution in [-0.2, 0) is 5.60 Å². The van der Waals surface area contributed by atoms with Gasteiger partial charge in [-0.15, -0.1) is 0 Å². The maximum Gasteiger partial charge on any atom is 0.0908 e. The second-order valence-electron chi connectivity index (χ2n) is 3.97. The Labute approximate surface area is 101 Å². The molecule has 0 atom stereocenters. The highest BCUT2D eigenvalue weighted by Gasteiger charge is 2.38. The first kappa shape index (κ1) is 10.7. The molecular formula is C11H12Br2O. The fourth-order valence-electron chi connectivity index (χ4n) is 1.85. The van der Waals surface area contributed by atoms with Gasteiger partial charge in [-0.25, -0.2) is 0 Å². The van der Waals surface area contributed by atoms with Gasteiger partial charge in [-0.1, -0.05) is 31.9 Å². The molecule has 1 aliphatic rings. The van der Waals surface area contributed by atoms with E-state index in [1.807, 2.05) is 13.0 Å². The SMILES string of the molecule is Cc1cc(Br)cc(C2(O)CCC2)c1Br. The fourth-order valence-corrected chi connectivity index (χ4v) is 3.02. The first-order valence-electron chi connectivity index (χ1n) is 4.71. The highest BCUT2D eigenvalue weighted by atomic mass is 79.9. The van der Waals surface area contributed by atoms with Crippen LogP contribution in [0.2, 0.25) is 0 Å². The molecule has 76 valence electrons. The van der Waals surface area contributed by atoms with E-state index < -0.39 is 5.60 Å². The van der Waals surface area contributed by atoms with Gasteiger partial charge in [0.15, 0.2) is 0 Å². The lowest BCUT2D eigenvalue weighted by atomic mass is 9.75. The van der Waals surface area contributed by atoms with Gasteiger partial charge < -0.3 is 5.11 Å². The molecule has 0 saturated heterocycles. The van der Waals surface area contributed by atoms with Crippen molar-refractivity contribution in [2.24, 2.45) is 0 Å². The smallest absolute Gasteiger partial charge is 0.0908 e. The Kier molecular flexibility index (Phi) is 2.75. The van der Waals surface area contributed by atoms with E-state index in [4.69, 9.17) is 0 Å². The van der Waals surface area contributed by atoms with Crippen molar-refractivity contribution in [3.8, 4) is 0 Å². The van der Waals surface area contributed by atoms with Crippen LogP contribution in [0.5, 0.6) is 0 Å². The third-order valence-electron chi connectivity index (χ3n) is 2.90. The molecule has 14 heavy (non-hydrogen) atoms. The first-order valence-corrected chi connectivity index (χ1v) is 6.30. The molecule has 1 aliphatic carbocycles. The molecule has 0 aliphatic heterocycles. The van der Waals surface area contributed by atoms with Crippen molar-refractivity contribution in [3.05, 3.63) is 32.2 Å². The molecular weight excluding hydrogens is 308 g/mol. The van der Waals surface area contributed by atoms with Crippen LogP contribution in [0, 0.1) is 6.92 Å². The second kappa shape index (κ2) is 3.62. The lowest BCUT2D eigenvalue weighted by Gasteiger charge is -2.38. The Balaban J connectivity index is 2.51. The third-order valence-corrected chi connectivity index (χ3v) is 4.41. The van der Waals surface area contributed by atoms with Crippen molar-refractivity contribution in [2.75, 3.05) is 0 Å². The number of aryl methyl sites for hydroxylation is 1. The van der Waals surface area contributed by atoms with Gasteiger partial charge in [0.05, 0.1) is 5.60 Å². The summed E-state index contributed by atoms with van der Waals surface area (Å²) in [5.74, 6) is 0. The van der Waals surface area contributed by atoms with Crippen molar-refractivity contribution in [1.82, 2.24) is 0 Å². The standard InChI is InChI=1S/C11H12Br2O/c1-7-5-8(12)6-9(10(7)13)11(14)3-2-4-11/h5-6,14H,2-4H2,1H3. The van der Waals surface area contributed by atoms with E-state index in [1.165, 1.54) is 0 Å². The number of hydrogen-bond donors (Lipinski definition) is 1. The monoisotopic (exact) mass is 318 g/mol. The minimum atomic E-state index is -0.590. The average molecular weight is 320 g/mol. The predicted octanol–water partition coefficient (Wildman–Crippen LogP) is 3.89. The fraction of sp³-hybridized carbons (Fsp3) is 0.455. The highest BCUT2D eigenvalue weighted by Crippen LogP contribution is 2.45. The minimum Gasteiger partial charge on any atom is -0.385 e. The summed E-state index contributed by atoms with van der Waals surface area (Å²) in [6.07, 6.45) is 2.87. The molecule has 0 spiro atoms. The number of hydrogen-bond acceptors (Lipinski definition) is 1. The minimum absolute atomic E-state index is 0.590. The zero-order valence-corrected chi connectivity index (χ0v) is 11.2. The molecule has 0 amide bonds. The molecule has 0 aromatic heterocycles. The van der Waals surface area contributed by atoms with Gasteiger partial charge >= 0.3 is 0 Å². The van der Waals surface area contributed by atoms with E-state index in [2.05, 4.69) is 37.9 Å². The van der Waals surface area contributed by atoms with E-state index in [9.17, 15) is 5.11 Å². The zero-order valence-electron chi connectivity index (χ0n) is 7.98. The van der Waals surface area contributed by atoms with Gasteiger partial charge in [-0.2, -0.15) is 0 Å². The maximum atomic E-state index is 10.3. The third kappa shape index (κ3) is 1.66. The molecule has 1 nitrogen and oxygen atoms in total. The van der Waals surface area contributed by atoms with Crippen molar-refractivity contribution >= 4 is 31.9 Å². The number of aliphatic hydroxyl groups is 1. The Morgan fingerprint density at radius 2 is 1.93 bits per heavy atom. The van der Waals surface area contributed by atoms with Crippen LogP contribution in [0.25, 0.3) is 0 Å². The van der Waals surface area contributed by atoms with Gasteiger partial charge in [0.2, 0.25) is 0 Å². The van der Waals surface area contributed by atoms with Crippen LogP contribution in [0.3, 0.4) is 0 Å². The topological polar surface area (TPSA) is 20.2 Å². The van der Waals surface area contributed by atoms with Gasteiger partial charge in [-0.3, -0.25) is 0 Å². The highest BCUT2D eigenvalue weighted by molar-refractivity contribution is 9.11. The van der Waals surface area contributed by atoms with E-state index in [1.54, 1.807) is 0 Å². The Morgan fingerprint density at radius 3 is 2.43 bits per heavy atom. The second-order valence-corrected chi connectivity index (χ2v) is 5.68. The zero-order chi connectivity index (χ0) is 10.3. The van der Waals surface area contributed by atoms with Crippen LogP contribution < -0.4 is 0 Å². The maximum absolute atomic E-state index is 10.3. The Hall–Kier alpha value is 0.140. The molecule has 1 N–H and O–H groups in total. The van der Waals surface area contributed by atoms with Crippen LogP contribution in [0.15, 0.2) is 21.1 Å². The van der Waals surface area contributed by atoms with Crippen molar-refractivity contribution in [3.63, 3.8) is 0 Å². The molecule has 0 radical (unpaired) electrons. The average Bonchev–Trinajstić information content (AvgIpc) is 2.07. The summed E-state index contributed by atoms with van der Waals surface area (Å²) < 4.78 is 2.08. The molecule has 1 aromatic carbocycles. The Morgan fingerprint density at radius 1 is 1.29 bits per heavy atom. The van der Waals surface area contributed by atoms with E-state index in [-0.39, 0.29) is 0 Å². The van der Waals surface area contributed by atoms with Crippen molar-refractivity contribution < 1.29 is 5.11 Å². The van der Waals surface area contributed by atoms with Crippen LogP contribution in [0.4, 0.5) is 0 Å². The van der Waals surface area contributed by atoms with E-state index in [0.717, 1.165) is 39.3 Å². The molecule has 2 rings (SSSR count). The summed E-state index contributed by atoms with van der Waals surface area (Å²) in [5, 5.41) is 10.3. The quantitative estimate of drug-likeness (QED) is 0.832. The molecule has 0 bridgehead atoms. The lowest BCUT2D eigenvalue weighted by Crippen LogP contribution is -2.34. The van der Waals surface area contributed by atoms with Crippen LogP contribution in [0.1, 0.15) is 30.4 Å². The van der Waals surface area contributed by atoms with E-state index in [0.29, 0.717) is 0 Å². The van der Waals surface area contributed by atoms with Crippen LogP contribution >= 0.6 is 31.9 Å². The normalized spacial score (nSPS) is 19.1. The lowest BCUT2D eigenvalue weighted by molar-refractivity contribution is -0.0395. The van der Waals surface area contributed by atoms with E-state index >= 15 is 0 Å². The van der Waals surface area contributed by atoms with Gasteiger partial charge in [0.1, 0.15) is 0 Å². The summed E-state index contributed by atoms with van der Waals surface area (Å²) in [5.41, 5.74) is 1.60. The summed E-state index contributed by atoms with van der Waals surface area (Å²) in [4.78, 5) is 0. The first-order chi connectivity index (χ1) is 6.53. The van der Waals surface area contributed by atoms with Crippen molar-refractivity contribution in [1.29, 1.82) is 0 Å². The summed E-state index contributed by atoms with van der Waals surface area (Å²) in [6, 6.07) is 4.06.